The van der Waals surface area contributed by atoms with Gasteiger partial charge in [0.2, 0.25) is 0 Å². The van der Waals surface area contributed by atoms with Gasteiger partial charge in [0.25, 0.3) is 11.8 Å². The summed E-state index contributed by atoms with van der Waals surface area (Å²) in [5.74, 6) is -0.929. The molecule has 1 spiro atoms. The molecule has 2 N–H and O–H groups in total. The van der Waals surface area contributed by atoms with Crippen molar-refractivity contribution < 1.29 is 28.3 Å². The predicted molar refractivity (Wildman–Crippen MR) is 92.5 cm³/mol. The van der Waals surface area contributed by atoms with Gasteiger partial charge < -0.3 is 14.5 Å². The molecule has 0 bridgehead atoms. The molecule has 9 heteroatoms. The summed E-state index contributed by atoms with van der Waals surface area (Å²) >= 11 is 0. The topological polar surface area (TPSA) is 118 Å². The molecule has 3 rings (SSSR count). The van der Waals surface area contributed by atoms with Crippen LogP contribution in [0, 0.1) is 20.8 Å². The van der Waals surface area contributed by atoms with Gasteiger partial charge in [0.05, 0.1) is 0 Å². The van der Waals surface area contributed by atoms with E-state index in [-0.39, 0.29) is 5.56 Å². The molecule has 0 atom stereocenters. The number of rotatable bonds is 4. The Hall–Kier alpha value is -2.84. The van der Waals surface area contributed by atoms with Crippen LogP contribution in [0.25, 0.3) is 0 Å². The molecule has 1 aliphatic carbocycles. The summed E-state index contributed by atoms with van der Waals surface area (Å²) in [6.07, 6.45) is 3.80. The molecular formula is C18H23N3O6. The van der Waals surface area contributed by atoms with Gasteiger partial charge in [-0.25, -0.2) is 9.59 Å². The van der Waals surface area contributed by atoms with Gasteiger partial charge >= 0.3 is 12.0 Å². The standard InChI is InChI=1S/C18H23N3O6/c1-10-11(2)27-12(3)14(10)15(23)26-9-13(22)20-21-16(24)18(19-17(21)25)7-5-4-6-8-18/h4-9H2,1-3H3,(H,19,25)(H,20,22). The number of nitrogens with one attached hydrogen (secondary N) is 2. The summed E-state index contributed by atoms with van der Waals surface area (Å²) in [5, 5.41) is 3.37. The van der Waals surface area contributed by atoms with E-state index in [1.54, 1.807) is 20.8 Å². The Kier molecular flexibility index (Phi) is 4.95. The lowest BCUT2D eigenvalue weighted by atomic mass is 9.82. The van der Waals surface area contributed by atoms with Crippen LogP contribution in [0.3, 0.4) is 0 Å². The Bertz CT molecular complexity index is 806. The Labute approximate surface area is 156 Å². The molecule has 9 nitrogen and oxygen atoms in total. The summed E-state index contributed by atoms with van der Waals surface area (Å²) in [6.45, 7) is 4.46. The number of hydrogen-bond donors (Lipinski definition) is 2. The minimum atomic E-state index is -0.929. The van der Waals surface area contributed by atoms with Crippen LogP contribution >= 0.6 is 0 Å². The van der Waals surface area contributed by atoms with E-state index >= 15 is 0 Å². The number of aryl methyl sites for hydroxylation is 2. The molecule has 1 aliphatic heterocycles. The first-order valence-corrected chi connectivity index (χ1v) is 8.95. The second-order valence-corrected chi connectivity index (χ2v) is 7.04. The lowest BCUT2D eigenvalue weighted by molar-refractivity contribution is -0.140. The smallest absolute Gasteiger partial charge is 0.344 e. The number of carbonyl (C=O) groups excluding carboxylic acids is 4. The molecule has 1 aromatic heterocycles. The monoisotopic (exact) mass is 377 g/mol. The van der Waals surface area contributed by atoms with Crippen LogP contribution in [-0.2, 0) is 14.3 Å². The van der Waals surface area contributed by atoms with E-state index in [1.807, 2.05) is 0 Å². The van der Waals surface area contributed by atoms with E-state index in [2.05, 4.69) is 10.7 Å². The predicted octanol–water partition coefficient (Wildman–Crippen LogP) is 1.65. The maximum Gasteiger partial charge on any atom is 0.344 e. The summed E-state index contributed by atoms with van der Waals surface area (Å²) < 4.78 is 10.4. The molecular weight excluding hydrogens is 354 g/mol. The van der Waals surface area contributed by atoms with Gasteiger partial charge in [-0.05, 0) is 33.6 Å². The lowest BCUT2D eigenvalue weighted by Crippen LogP contribution is -2.51. The van der Waals surface area contributed by atoms with Crippen molar-refractivity contribution in [1.29, 1.82) is 0 Å². The fourth-order valence-electron chi connectivity index (χ4n) is 3.67. The van der Waals surface area contributed by atoms with Crippen LogP contribution in [0.5, 0.6) is 0 Å². The zero-order valence-corrected chi connectivity index (χ0v) is 15.6. The highest BCUT2D eigenvalue weighted by atomic mass is 16.5. The van der Waals surface area contributed by atoms with Gasteiger partial charge in [-0.1, -0.05) is 19.3 Å². The van der Waals surface area contributed by atoms with Crippen molar-refractivity contribution >= 4 is 23.8 Å². The largest absolute Gasteiger partial charge is 0.465 e. The third kappa shape index (κ3) is 3.41. The second kappa shape index (κ2) is 7.05. The van der Waals surface area contributed by atoms with Crippen molar-refractivity contribution in [3.05, 3.63) is 22.6 Å². The highest BCUT2D eigenvalue weighted by Crippen LogP contribution is 2.33. The summed E-state index contributed by atoms with van der Waals surface area (Å²) in [6, 6.07) is -0.668. The van der Waals surface area contributed by atoms with Gasteiger partial charge in [0, 0.05) is 5.56 Å². The highest BCUT2D eigenvalue weighted by Gasteiger charge is 2.52. The number of amides is 4. The maximum atomic E-state index is 12.6. The van der Waals surface area contributed by atoms with Crippen molar-refractivity contribution in [2.45, 2.75) is 58.4 Å². The molecule has 1 aromatic rings. The molecule has 27 heavy (non-hydrogen) atoms. The third-order valence-electron chi connectivity index (χ3n) is 5.21. The molecule has 2 fully saturated rings. The average molecular weight is 377 g/mol. The number of hydrazine groups is 1. The van der Waals surface area contributed by atoms with Crippen molar-refractivity contribution in [3.8, 4) is 0 Å². The molecule has 1 saturated carbocycles. The van der Waals surface area contributed by atoms with Gasteiger partial charge in [-0.2, -0.15) is 5.01 Å². The average Bonchev–Trinajstić information content (AvgIpc) is 3.00. The van der Waals surface area contributed by atoms with Crippen LogP contribution in [0.15, 0.2) is 4.42 Å². The summed E-state index contributed by atoms with van der Waals surface area (Å²) in [5.41, 5.74) is 2.21. The number of hydrogen-bond acceptors (Lipinski definition) is 6. The zero-order valence-electron chi connectivity index (χ0n) is 15.6. The van der Waals surface area contributed by atoms with Crippen LogP contribution in [0.4, 0.5) is 4.79 Å². The van der Waals surface area contributed by atoms with Gasteiger partial charge in [0.15, 0.2) is 6.61 Å². The second-order valence-electron chi connectivity index (χ2n) is 7.04. The first-order chi connectivity index (χ1) is 12.7. The molecule has 2 aliphatic rings. The minimum Gasteiger partial charge on any atom is -0.465 e. The number of esters is 1. The maximum absolute atomic E-state index is 12.6. The number of ether oxygens (including phenoxy) is 1. The lowest BCUT2D eigenvalue weighted by Gasteiger charge is -2.30. The van der Waals surface area contributed by atoms with Crippen molar-refractivity contribution in [3.63, 3.8) is 0 Å². The zero-order chi connectivity index (χ0) is 19.8. The minimum absolute atomic E-state index is 0.274. The molecule has 1 saturated heterocycles. The van der Waals surface area contributed by atoms with Crippen LogP contribution in [0.1, 0.15) is 59.5 Å². The Morgan fingerprint density at radius 1 is 1.15 bits per heavy atom. The molecule has 0 aromatic carbocycles. The van der Waals surface area contributed by atoms with E-state index < -0.39 is 36.0 Å². The Morgan fingerprint density at radius 2 is 1.81 bits per heavy atom. The molecule has 4 amide bonds. The van der Waals surface area contributed by atoms with Crippen molar-refractivity contribution in [2.75, 3.05) is 6.61 Å². The van der Waals surface area contributed by atoms with Gasteiger partial charge in [-0.15, -0.1) is 0 Å². The first kappa shape index (κ1) is 18.9. The Balaban J connectivity index is 1.58. The van der Waals surface area contributed by atoms with E-state index in [0.717, 1.165) is 19.3 Å². The number of urea groups is 1. The summed E-state index contributed by atoms with van der Waals surface area (Å²) in [4.78, 5) is 49.0. The fourth-order valence-corrected chi connectivity index (χ4v) is 3.67. The number of furan rings is 1. The molecule has 0 radical (unpaired) electrons. The van der Waals surface area contributed by atoms with Crippen LogP contribution in [0.2, 0.25) is 0 Å². The van der Waals surface area contributed by atoms with Crippen LogP contribution in [-0.4, -0.2) is 41.0 Å². The molecule has 146 valence electrons. The van der Waals surface area contributed by atoms with Gasteiger partial charge in [0.1, 0.15) is 22.6 Å². The number of carbonyl (C=O) groups is 4. The van der Waals surface area contributed by atoms with E-state index in [9.17, 15) is 19.2 Å². The number of nitrogens with zero attached hydrogens (tertiary/aromatic N) is 1. The normalized spacial score (nSPS) is 18.6. The summed E-state index contributed by atoms with van der Waals surface area (Å²) in [7, 11) is 0. The van der Waals surface area contributed by atoms with Crippen LogP contribution < -0.4 is 10.7 Å². The molecule has 0 unspecified atom stereocenters. The van der Waals surface area contributed by atoms with E-state index in [1.165, 1.54) is 0 Å². The Morgan fingerprint density at radius 3 is 2.41 bits per heavy atom. The fraction of sp³-hybridized carbons (Fsp3) is 0.556. The highest BCUT2D eigenvalue weighted by molar-refractivity contribution is 6.08. The number of imide groups is 1. The molecule has 2 heterocycles. The van der Waals surface area contributed by atoms with E-state index in [4.69, 9.17) is 9.15 Å². The van der Waals surface area contributed by atoms with Crippen molar-refractivity contribution in [1.82, 2.24) is 15.8 Å². The van der Waals surface area contributed by atoms with Gasteiger partial charge in [-0.3, -0.25) is 15.0 Å². The van der Waals surface area contributed by atoms with Crippen molar-refractivity contribution in [2.24, 2.45) is 0 Å². The quantitative estimate of drug-likeness (QED) is 0.608. The SMILES string of the molecule is Cc1oc(C)c(C(=O)OCC(=O)NN2C(=O)NC3(CCCCC3)C2=O)c1C. The first-order valence-electron chi connectivity index (χ1n) is 8.95. The third-order valence-corrected chi connectivity index (χ3v) is 5.21. The van der Waals surface area contributed by atoms with E-state index in [0.29, 0.717) is 34.9 Å².